The molecule has 1 aromatic carbocycles. The molecule has 17 heavy (non-hydrogen) atoms. The summed E-state index contributed by atoms with van der Waals surface area (Å²) in [7, 11) is 0. The highest BCUT2D eigenvalue weighted by atomic mass is 16.3. The summed E-state index contributed by atoms with van der Waals surface area (Å²) < 4.78 is 1.06. The van der Waals surface area contributed by atoms with Crippen LogP contribution in [0.1, 0.15) is 6.92 Å². The van der Waals surface area contributed by atoms with Crippen LogP contribution in [0.15, 0.2) is 27.8 Å². The maximum Gasteiger partial charge on any atom is 0.328 e. The van der Waals surface area contributed by atoms with Crippen LogP contribution in [0.25, 0.3) is 10.9 Å². The first-order chi connectivity index (χ1) is 7.99. The molecule has 1 atom stereocenters. The van der Waals surface area contributed by atoms with Crippen molar-refractivity contribution in [2.75, 3.05) is 0 Å². The number of aromatic nitrogens is 2. The SMILES string of the molecule is CC(N)Cn1c(=O)[nH]c2cc(O)ccc2c1=O. The second-order valence-electron chi connectivity index (χ2n) is 4.05. The molecule has 1 heterocycles. The predicted molar refractivity (Wildman–Crippen MR) is 64.1 cm³/mol. The van der Waals surface area contributed by atoms with Crippen molar-refractivity contribution in [1.82, 2.24) is 9.55 Å². The topological polar surface area (TPSA) is 101 Å². The number of benzene rings is 1. The van der Waals surface area contributed by atoms with E-state index in [1.807, 2.05) is 0 Å². The second kappa shape index (κ2) is 4.06. The Balaban J connectivity index is 2.77. The number of nitrogens with one attached hydrogen (secondary N) is 1. The van der Waals surface area contributed by atoms with Gasteiger partial charge in [-0.2, -0.15) is 0 Å². The van der Waals surface area contributed by atoms with Gasteiger partial charge in [-0.3, -0.25) is 9.36 Å². The van der Waals surface area contributed by atoms with Crippen molar-refractivity contribution in [2.24, 2.45) is 5.73 Å². The zero-order valence-electron chi connectivity index (χ0n) is 9.30. The summed E-state index contributed by atoms with van der Waals surface area (Å²) in [4.78, 5) is 26.2. The number of aromatic amines is 1. The van der Waals surface area contributed by atoms with E-state index in [0.717, 1.165) is 4.57 Å². The summed E-state index contributed by atoms with van der Waals surface area (Å²) in [6.45, 7) is 1.87. The van der Waals surface area contributed by atoms with E-state index in [-0.39, 0.29) is 18.3 Å². The number of H-pyrrole nitrogens is 1. The smallest absolute Gasteiger partial charge is 0.328 e. The van der Waals surface area contributed by atoms with Gasteiger partial charge in [0.05, 0.1) is 10.9 Å². The molecule has 0 aliphatic carbocycles. The van der Waals surface area contributed by atoms with Crippen molar-refractivity contribution < 1.29 is 5.11 Å². The molecule has 1 unspecified atom stereocenters. The lowest BCUT2D eigenvalue weighted by atomic mass is 10.2. The van der Waals surface area contributed by atoms with Crippen LogP contribution in [0.2, 0.25) is 0 Å². The van der Waals surface area contributed by atoms with Crippen LogP contribution >= 0.6 is 0 Å². The number of hydrogen-bond donors (Lipinski definition) is 3. The van der Waals surface area contributed by atoms with E-state index >= 15 is 0 Å². The minimum atomic E-state index is -0.523. The van der Waals surface area contributed by atoms with Gasteiger partial charge in [-0.1, -0.05) is 0 Å². The normalized spacial score (nSPS) is 12.8. The van der Waals surface area contributed by atoms with Crippen molar-refractivity contribution in [3.8, 4) is 5.75 Å². The molecule has 2 rings (SSSR count). The molecule has 90 valence electrons. The molecule has 0 bridgehead atoms. The van der Waals surface area contributed by atoms with Crippen LogP contribution in [0.5, 0.6) is 5.75 Å². The molecule has 6 nitrogen and oxygen atoms in total. The number of nitrogens with zero attached hydrogens (tertiary/aromatic N) is 1. The van der Waals surface area contributed by atoms with E-state index in [2.05, 4.69) is 4.98 Å². The third-order valence-corrected chi connectivity index (χ3v) is 2.44. The van der Waals surface area contributed by atoms with Gasteiger partial charge in [0.1, 0.15) is 5.75 Å². The van der Waals surface area contributed by atoms with Crippen LogP contribution in [-0.4, -0.2) is 20.7 Å². The third-order valence-electron chi connectivity index (χ3n) is 2.44. The predicted octanol–water partition coefficient (Wildman–Crippen LogP) is -0.257. The number of aromatic hydroxyl groups is 1. The molecule has 0 amide bonds. The maximum atomic E-state index is 12.0. The summed E-state index contributed by atoms with van der Waals surface area (Å²) in [5, 5.41) is 9.63. The molecule has 1 aromatic heterocycles. The number of nitrogens with two attached hydrogens (primary N) is 1. The Hall–Kier alpha value is -2.08. The Morgan fingerprint density at radius 1 is 1.47 bits per heavy atom. The van der Waals surface area contributed by atoms with Gasteiger partial charge in [0.15, 0.2) is 0 Å². The summed E-state index contributed by atoms with van der Waals surface area (Å²) in [6.07, 6.45) is 0. The number of phenolic OH excluding ortho intramolecular Hbond substituents is 1. The third kappa shape index (κ3) is 2.07. The average Bonchev–Trinajstić information content (AvgIpc) is 2.23. The minimum Gasteiger partial charge on any atom is -0.508 e. The van der Waals surface area contributed by atoms with Crippen LogP contribution < -0.4 is 17.0 Å². The van der Waals surface area contributed by atoms with Crippen molar-refractivity contribution in [3.05, 3.63) is 39.0 Å². The largest absolute Gasteiger partial charge is 0.508 e. The van der Waals surface area contributed by atoms with Crippen LogP contribution in [0, 0.1) is 0 Å². The summed E-state index contributed by atoms with van der Waals surface area (Å²) >= 11 is 0. The van der Waals surface area contributed by atoms with Crippen molar-refractivity contribution in [3.63, 3.8) is 0 Å². The summed E-state index contributed by atoms with van der Waals surface area (Å²) in [5.74, 6) is -0.00232. The molecule has 0 radical (unpaired) electrons. The maximum absolute atomic E-state index is 12.0. The van der Waals surface area contributed by atoms with Gasteiger partial charge in [0, 0.05) is 18.7 Å². The molecule has 4 N–H and O–H groups in total. The highest BCUT2D eigenvalue weighted by molar-refractivity contribution is 5.78. The molecule has 0 saturated carbocycles. The van der Waals surface area contributed by atoms with Gasteiger partial charge in [-0.25, -0.2) is 4.79 Å². The zero-order valence-corrected chi connectivity index (χ0v) is 9.30. The fraction of sp³-hybridized carbons (Fsp3) is 0.273. The van der Waals surface area contributed by atoms with Gasteiger partial charge < -0.3 is 15.8 Å². The van der Waals surface area contributed by atoms with Gasteiger partial charge in [-0.05, 0) is 19.1 Å². The Labute approximate surface area is 96.3 Å². The van der Waals surface area contributed by atoms with Gasteiger partial charge in [0.25, 0.3) is 5.56 Å². The lowest BCUT2D eigenvalue weighted by Gasteiger charge is -2.08. The van der Waals surface area contributed by atoms with E-state index < -0.39 is 11.2 Å². The first-order valence-electron chi connectivity index (χ1n) is 5.20. The van der Waals surface area contributed by atoms with E-state index in [1.54, 1.807) is 6.92 Å². The Morgan fingerprint density at radius 2 is 2.18 bits per heavy atom. The average molecular weight is 235 g/mol. The Kier molecular flexibility index (Phi) is 2.72. The monoisotopic (exact) mass is 235 g/mol. The fourth-order valence-corrected chi connectivity index (χ4v) is 1.70. The summed E-state index contributed by atoms with van der Waals surface area (Å²) in [5.41, 5.74) is 4.97. The van der Waals surface area contributed by atoms with Crippen molar-refractivity contribution in [1.29, 1.82) is 0 Å². The molecule has 6 heteroatoms. The Morgan fingerprint density at radius 3 is 2.82 bits per heavy atom. The molecule has 0 fully saturated rings. The summed E-state index contributed by atoms with van der Waals surface area (Å²) in [6, 6.07) is 3.93. The van der Waals surface area contributed by atoms with E-state index in [9.17, 15) is 14.7 Å². The zero-order chi connectivity index (χ0) is 12.6. The number of hydrogen-bond acceptors (Lipinski definition) is 4. The lowest BCUT2D eigenvalue weighted by Crippen LogP contribution is -2.39. The molecule has 0 aliphatic rings. The quantitative estimate of drug-likeness (QED) is 0.667. The molecule has 0 spiro atoms. The molecule has 0 saturated heterocycles. The van der Waals surface area contributed by atoms with E-state index in [0.29, 0.717) is 10.9 Å². The van der Waals surface area contributed by atoms with E-state index in [4.69, 9.17) is 5.73 Å². The van der Waals surface area contributed by atoms with Crippen molar-refractivity contribution in [2.45, 2.75) is 19.5 Å². The number of rotatable bonds is 2. The Bertz CT molecular complexity index is 670. The highest BCUT2D eigenvalue weighted by Gasteiger charge is 2.09. The minimum absolute atomic E-state index is 0.00232. The first kappa shape index (κ1) is 11.4. The van der Waals surface area contributed by atoms with E-state index in [1.165, 1.54) is 18.2 Å². The second-order valence-corrected chi connectivity index (χ2v) is 4.05. The molecular formula is C11H13N3O3. The van der Waals surface area contributed by atoms with Gasteiger partial charge >= 0.3 is 5.69 Å². The molecule has 0 aliphatic heterocycles. The molecular weight excluding hydrogens is 222 g/mol. The van der Waals surface area contributed by atoms with Gasteiger partial charge in [0.2, 0.25) is 0 Å². The number of phenols is 1. The highest BCUT2D eigenvalue weighted by Crippen LogP contribution is 2.13. The van der Waals surface area contributed by atoms with Crippen LogP contribution in [0.3, 0.4) is 0 Å². The van der Waals surface area contributed by atoms with Crippen LogP contribution in [0.4, 0.5) is 0 Å². The number of fused-ring (bicyclic) bond motifs is 1. The van der Waals surface area contributed by atoms with Crippen LogP contribution in [-0.2, 0) is 6.54 Å². The van der Waals surface area contributed by atoms with Crippen molar-refractivity contribution >= 4 is 10.9 Å². The molecule has 2 aromatic rings. The first-order valence-corrected chi connectivity index (χ1v) is 5.20. The van der Waals surface area contributed by atoms with Gasteiger partial charge in [-0.15, -0.1) is 0 Å². The fourth-order valence-electron chi connectivity index (χ4n) is 1.70. The standard InChI is InChI=1S/C11H13N3O3/c1-6(12)5-14-10(16)8-3-2-7(15)4-9(8)13-11(14)17/h2-4,6,15H,5,12H2,1H3,(H,13,17). The lowest BCUT2D eigenvalue weighted by molar-refractivity contribution is 0.476.